The van der Waals surface area contributed by atoms with E-state index in [0.29, 0.717) is 23.9 Å². The summed E-state index contributed by atoms with van der Waals surface area (Å²) in [6, 6.07) is 2.42. The molecule has 4 bridgehead atoms. The molecular formula is C12H12BrNO. The van der Waals surface area contributed by atoms with E-state index in [1.54, 1.807) is 0 Å². The summed E-state index contributed by atoms with van der Waals surface area (Å²) in [6.07, 6.45) is 6.53. The Morgan fingerprint density at radius 2 is 1.87 bits per heavy atom. The Balaban J connectivity index is 1.77. The number of nitrogens with zero attached hydrogens (tertiary/aromatic N) is 1. The van der Waals surface area contributed by atoms with Gasteiger partial charge in [-0.2, -0.15) is 5.26 Å². The highest BCUT2D eigenvalue weighted by atomic mass is 79.9. The van der Waals surface area contributed by atoms with Gasteiger partial charge in [0, 0.05) is 0 Å². The standard InChI is InChI=1S/C12H12BrNO/c13-10-7(4-14)11-8-5-1-2-6(3-5)9(8)12(10)15-11/h1-2,5-12H,3H2. The van der Waals surface area contributed by atoms with Crippen LogP contribution in [0.1, 0.15) is 6.42 Å². The third-order valence-corrected chi connectivity index (χ3v) is 5.91. The predicted octanol–water partition coefficient (Wildman–Crippen LogP) is 2.11. The highest BCUT2D eigenvalue weighted by Crippen LogP contribution is 2.62. The van der Waals surface area contributed by atoms with Gasteiger partial charge in [-0.25, -0.2) is 0 Å². The van der Waals surface area contributed by atoms with Gasteiger partial charge in [0.2, 0.25) is 0 Å². The number of rotatable bonds is 0. The van der Waals surface area contributed by atoms with Gasteiger partial charge in [-0.1, -0.05) is 28.1 Å². The zero-order valence-electron chi connectivity index (χ0n) is 8.21. The van der Waals surface area contributed by atoms with Crippen LogP contribution in [-0.4, -0.2) is 17.0 Å². The molecule has 78 valence electrons. The second-order valence-electron chi connectivity index (χ2n) is 5.27. The highest BCUT2D eigenvalue weighted by molar-refractivity contribution is 9.09. The fourth-order valence-electron chi connectivity index (χ4n) is 4.33. The summed E-state index contributed by atoms with van der Waals surface area (Å²) in [4.78, 5) is 0.265. The molecular weight excluding hydrogens is 254 g/mol. The first-order valence-corrected chi connectivity index (χ1v) is 6.60. The van der Waals surface area contributed by atoms with Gasteiger partial charge < -0.3 is 4.74 Å². The van der Waals surface area contributed by atoms with E-state index in [9.17, 15) is 5.26 Å². The molecule has 8 unspecified atom stereocenters. The second-order valence-corrected chi connectivity index (χ2v) is 6.32. The molecule has 2 nitrogen and oxygen atoms in total. The minimum absolute atomic E-state index is 0.0731. The first kappa shape index (κ1) is 8.78. The first-order chi connectivity index (χ1) is 7.31. The number of hydrogen-bond donors (Lipinski definition) is 0. The Hall–Kier alpha value is -0.330. The van der Waals surface area contributed by atoms with Crippen molar-refractivity contribution in [2.24, 2.45) is 29.6 Å². The minimum Gasteiger partial charge on any atom is -0.372 e. The number of allylic oxidation sites excluding steroid dienone is 2. The fraction of sp³-hybridized carbons (Fsp3) is 0.750. The van der Waals surface area contributed by atoms with Crippen molar-refractivity contribution >= 4 is 15.9 Å². The van der Waals surface area contributed by atoms with Crippen molar-refractivity contribution in [3.63, 3.8) is 0 Å². The van der Waals surface area contributed by atoms with Crippen molar-refractivity contribution in [2.45, 2.75) is 23.5 Å². The van der Waals surface area contributed by atoms with Crippen LogP contribution in [0.2, 0.25) is 0 Å². The van der Waals surface area contributed by atoms with Gasteiger partial charge in [-0.3, -0.25) is 0 Å². The molecule has 2 aliphatic carbocycles. The lowest BCUT2D eigenvalue weighted by Crippen LogP contribution is -2.41. The van der Waals surface area contributed by atoms with Crippen LogP contribution in [0.15, 0.2) is 12.2 Å². The first-order valence-electron chi connectivity index (χ1n) is 5.69. The average Bonchev–Trinajstić information content (AvgIpc) is 2.94. The van der Waals surface area contributed by atoms with E-state index in [-0.39, 0.29) is 16.8 Å². The van der Waals surface area contributed by atoms with Crippen molar-refractivity contribution in [1.29, 1.82) is 5.26 Å². The Morgan fingerprint density at radius 3 is 2.53 bits per heavy atom. The van der Waals surface area contributed by atoms with Crippen LogP contribution in [-0.2, 0) is 4.74 Å². The molecule has 0 aromatic carbocycles. The van der Waals surface area contributed by atoms with Crippen molar-refractivity contribution in [2.75, 3.05) is 0 Å². The second kappa shape index (κ2) is 2.67. The summed E-state index contributed by atoms with van der Waals surface area (Å²) < 4.78 is 6.03. The van der Waals surface area contributed by atoms with Crippen LogP contribution in [0.5, 0.6) is 0 Å². The SMILES string of the molecule is N#CC1C(Br)C2OC1C1C3C=CC(C3)C21. The van der Waals surface area contributed by atoms with Gasteiger partial charge in [-0.05, 0) is 30.1 Å². The summed E-state index contributed by atoms with van der Waals surface area (Å²) in [7, 11) is 0. The zero-order chi connectivity index (χ0) is 10.2. The van der Waals surface area contributed by atoms with Crippen LogP contribution < -0.4 is 0 Å². The van der Waals surface area contributed by atoms with Gasteiger partial charge >= 0.3 is 0 Å². The Bertz CT molecular complexity index is 388. The quantitative estimate of drug-likeness (QED) is 0.497. The molecule has 0 radical (unpaired) electrons. The van der Waals surface area contributed by atoms with Crippen LogP contribution in [0.3, 0.4) is 0 Å². The van der Waals surface area contributed by atoms with Crippen LogP contribution in [0.25, 0.3) is 0 Å². The topological polar surface area (TPSA) is 33.0 Å². The van der Waals surface area contributed by atoms with Gasteiger partial charge in [-0.15, -0.1) is 0 Å². The molecule has 3 heteroatoms. The molecule has 1 saturated carbocycles. The molecule has 4 aliphatic rings. The molecule has 0 spiro atoms. The third kappa shape index (κ3) is 0.855. The monoisotopic (exact) mass is 265 g/mol. The van der Waals surface area contributed by atoms with Gasteiger partial charge in [0.15, 0.2) is 0 Å². The van der Waals surface area contributed by atoms with E-state index in [4.69, 9.17) is 4.74 Å². The zero-order valence-corrected chi connectivity index (χ0v) is 9.80. The average molecular weight is 266 g/mol. The molecule has 2 saturated heterocycles. The van der Waals surface area contributed by atoms with Crippen molar-refractivity contribution in [3.05, 3.63) is 12.2 Å². The molecule has 0 amide bonds. The van der Waals surface area contributed by atoms with E-state index in [2.05, 4.69) is 34.2 Å². The van der Waals surface area contributed by atoms with E-state index in [0.717, 1.165) is 5.92 Å². The Labute approximate surface area is 97.4 Å². The summed E-state index contributed by atoms with van der Waals surface area (Å²) in [6.45, 7) is 0. The molecule has 2 aliphatic heterocycles. The van der Waals surface area contributed by atoms with E-state index >= 15 is 0 Å². The smallest absolute Gasteiger partial charge is 0.0878 e. The Kier molecular flexibility index (Phi) is 1.56. The van der Waals surface area contributed by atoms with Gasteiger partial charge in [0.05, 0.1) is 29.0 Å². The van der Waals surface area contributed by atoms with E-state index < -0.39 is 0 Å². The summed E-state index contributed by atoms with van der Waals surface area (Å²) >= 11 is 3.66. The number of halogens is 1. The summed E-state index contributed by atoms with van der Waals surface area (Å²) in [5.41, 5.74) is 0. The lowest BCUT2D eigenvalue weighted by atomic mass is 9.70. The lowest BCUT2D eigenvalue weighted by molar-refractivity contribution is 0.0696. The highest BCUT2D eigenvalue weighted by Gasteiger charge is 2.65. The van der Waals surface area contributed by atoms with Gasteiger partial charge in [0.25, 0.3) is 0 Å². The maximum absolute atomic E-state index is 9.17. The van der Waals surface area contributed by atoms with E-state index in [1.165, 1.54) is 6.42 Å². The molecule has 0 aromatic heterocycles. The molecule has 0 N–H and O–H groups in total. The third-order valence-electron chi connectivity index (χ3n) is 4.82. The maximum Gasteiger partial charge on any atom is 0.0878 e. The summed E-state index contributed by atoms with van der Waals surface area (Å²) in [5, 5.41) is 9.17. The van der Waals surface area contributed by atoms with Crippen LogP contribution >= 0.6 is 15.9 Å². The van der Waals surface area contributed by atoms with Crippen molar-refractivity contribution < 1.29 is 4.74 Å². The molecule has 4 rings (SSSR count). The molecule has 3 fully saturated rings. The number of nitriles is 1. The molecule has 2 heterocycles. The van der Waals surface area contributed by atoms with Crippen molar-refractivity contribution in [3.8, 4) is 6.07 Å². The normalized spacial score (nSPS) is 63.5. The molecule has 15 heavy (non-hydrogen) atoms. The fourth-order valence-corrected chi connectivity index (χ4v) is 5.22. The van der Waals surface area contributed by atoms with Crippen LogP contribution in [0.4, 0.5) is 0 Å². The maximum atomic E-state index is 9.17. The minimum atomic E-state index is 0.0731. The number of fused-ring (bicyclic) bond motifs is 9. The Morgan fingerprint density at radius 1 is 1.20 bits per heavy atom. The molecule has 0 aromatic rings. The molecule has 8 atom stereocenters. The number of alkyl halides is 1. The number of ether oxygens (including phenoxy) is 1. The lowest BCUT2D eigenvalue weighted by Gasteiger charge is -2.33. The summed E-state index contributed by atoms with van der Waals surface area (Å²) in [5.74, 6) is 2.84. The van der Waals surface area contributed by atoms with Crippen LogP contribution in [0, 0.1) is 40.9 Å². The van der Waals surface area contributed by atoms with E-state index in [1.807, 2.05) is 0 Å². The number of hydrogen-bond acceptors (Lipinski definition) is 2. The van der Waals surface area contributed by atoms with Crippen molar-refractivity contribution in [1.82, 2.24) is 0 Å². The predicted molar refractivity (Wildman–Crippen MR) is 58.2 cm³/mol. The van der Waals surface area contributed by atoms with Gasteiger partial charge in [0.1, 0.15) is 0 Å². The largest absolute Gasteiger partial charge is 0.372 e.